The number of ether oxygens (including phenoxy) is 1. The molecular weight excluding hydrogens is 368 g/mol. The Morgan fingerprint density at radius 3 is 2.36 bits per heavy atom. The standard InChI is InChI=1S/C24H40O3S/c1-5-6-17-27-23-12-8-11-21(18-23)10-7-9-20-13-15-22(16-14-20)19-28(25,26)24(2,3)4/h8,11-12,18,20,22H,5-7,9-10,13-17,19H2,1-4H3. The van der Waals surface area contributed by atoms with E-state index in [0.29, 0.717) is 11.7 Å². The molecule has 0 aliphatic heterocycles. The van der Waals surface area contributed by atoms with E-state index in [-0.39, 0.29) is 0 Å². The number of unbranched alkanes of at least 4 members (excludes halogenated alkanes) is 1. The molecule has 0 bridgehead atoms. The van der Waals surface area contributed by atoms with Gasteiger partial charge in [0.1, 0.15) is 5.75 Å². The van der Waals surface area contributed by atoms with Crippen LogP contribution in [0.5, 0.6) is 5.75 Å². The van der Waals surface area contributed by atoms with Crippen LogP contribution >= 0.6 is 0 Å². The second-order valence-electron chi connectivity index (χ2n) is 9.52. The molecule has 0 N–H and O–H groups in total. The van der Waals surface area contributed by atoms with Gasteiger partial charge in [-0.2, -0.15) is 0 Å². The molecule has 2 rings (SSSR count). The molecule has 0 atom stereocenters. The monoisotopic (exact) mass is 408 g/mol. The highest BCUT2D eigenvalue weighted by Gasteiger charge is 2.33. The van der Waals surface area contributed by atoms with E-state index in [1.54, 1.807) is 0 Å². The van der Waals surface area contributed by atoms with Gasteiger partial charge >= 0.3 is 0 Å². The van der Waals surface area contributed by atoms with Crippen LogP contribution in [-0.2, 0) is 16.3 Å². The topological polar surface area (TPSA) is 43.4 Å². The largest absolute Gasteiger partial charge is 0.494 e. The van der Waals surface area contributed by atoms with E-state index in [1.807, 2.05) is 26.8 Å². The molecule has 0 heterocycles. The lowest BCUT2D eigenvalue weighted by atomic mass is 9.80. The van der Waals surface area contributed by atoms with Gasteiger partial charge in [0.2, 0.25) is 0 Å². The summed E-state index contributed by atoms with van der Waals surface area (Å²) in [4.78, 5) is 0. The summed E-state index contributed by atoms with van der Waals surface area (Å²) in [6, 6.07) is 8.52. The average molecular weight is 409 g/mol. The van der Waals surface area contributed by atoms with Crippen molar-refractivity contribution >= 4 is 9.84 Å². The predicted molar refractivity (Wildman–Crippen MR) is 119 cm³/mol. The van der Waals surface area contributed by atoms with Crippen LogP contribution in [0.3, 0.4) is 0 Å². The normalized spacial score (nSPS) is 20.9. The first-order valence-corrected chi connectivity index (χ1v) is 12.8. The highest BCUT2D eigenvalue weighted by Crippen LogP contribution is 2.34. The zero-order valence-electron chi connectivity index (χ0n) is 18.4. The molecule has 4 heteroatoms. The minimum atomic E-state index is -2.99. The molecule has 1 saturated carbocycles. The van der Waals surface area contributed by atoms with Gasteiger partial charge in [0, 0.05) is 0 Å². The fourth-order valence-electron chi connectivity index (χ4n) is 3.97. The summed E-state index contributed by atoms with van der Waals surface area (Å²) >= 11 is 0. The van der Waals surface area contributed by atoms with Gasteiger partial charge in [0.15, 0.2) is 9.84 Å². The van der Waals surface area contributed by atoms with Gasteiger partial charge in [-0.15, -0.1) is 0 Å². The van der Waals surface area contributed by atoms with Crippen molar-refractivity contribution in [1.29, 1.82) is 0 Å². The second-order valence-corrected chi connectivity index (χ2v) is 12.3. The van der Waals surface area contributed by atoms with Crippen LogP contribution in [0, 0.1) is 11.8 Å². The lowest BCUT2D eigenvalue weighted by Gasteiger charge is -2.30. The highest BCUT2D eigenvalue weighted by molar-refractivity contribution is 7.92. The Hall–Kier alpha value is -1.03. The van der Waals surface area contributed by atoms with Gasteiger partial charge < -0.3 is 4.74 Å². The van der Waals surface area contributed by atoms with Crippen molar-refractivity contribution in [2.24, 2.45) is 11.8 Å². The van der Waals surface area contributed by atoms with Crippen molar-refractivity contribution in [2.45, 2.75) is 90.2 Å². The number of aryl methyl sites for hydroxylation is 1. The van der Waals surface area contributed by atoms with Crippen LogP contribution < -0.4 is 4.74 Å². The first-order chi connectivity index (χ1) is 13.2. The molecule has 0 radical (unpaired) electrons. The fourth-order valence-corrected chi connectivity index (χ4v) is 5.42. The number of rotatable bonds is 10. The molecule has 0 aromatic heterocycles. The van der Waals surface area contributed by atoms with Gasteiger partial charge in [-0.1, -0.05) is 44.7 Å². The molecule has 1 aliphatic carbocycles. The SMILES string of the molecule is CCCCOc1cccc(CCCC2CCC(CS(=O)(=O)C(C)(C)C)CC2)c1. The maximum Gasteiger partial charge on any atom is 0.155 e. The molecule has 0 amide bonds. The van der Waals surface area contributed by atoms with Crippen LogP contribution in [0.15, 0.2) is 24.3 Å². The summed E-state index contributed by atoms with van der Waals surface area (Å²) in [5.41, 5.74) is 1.36. The lowest BCUT2D eigenvalue weighted by molar-refractivity contribution is 0.274. The van der Waals surface area contributed by atoms with Crippen molar-refractivity contribution in [3.8, 4) is 5.75 Å². The van der Waals surface area contributed by atoms with Gasteiger partial charge in [0.25, 0.3) is 0 Å². The Morgan fingerprint density at radius 1 is 1.04 bits per heavy atom. The maximum atomic E-state index is 12.4. The highest BCUT2D eigenvalue weighted by atomic mass is 32.2. The van der Waals surface area contributed by atoms with Crippen LogP contribution in [0.2, 0.25) is 0 Å². The van der Waals surface area contributed by atoms with E-state index in [2.05, 4.69) is 25.1 Å². The Kier molecular flexibility index (Phi) is 8.85. The molecule has 0 unspecified atom stereocenters. The zero-order valence-corrected chi connectivity index (χ0v) is 19.2. The molecule has 0 spiro atoms. The van der Waals surface area contributed by atoms with Gasteiger partial charge in [-0.05, 0) is 82.4 Å². The Bertz CT molecular complexity index is 680. The molecule has 28 heavy (non-hydrogen) atoms. The lowest BCUT2D eigenvalue weighted by Crippen LogP contribution is -2.34. The third-order valence-corrected chi connectivity index (χ3v) is 8.87. The maximum absolute atomic E-state index is 12.4. The van der Waals surface area contributed by atoms with E-state index in [0.717, 1.165) is 50.4 Å². The minimum Gasteiger partial charge on any atom is -0.494 e. The smallest absolute Gasteiger partial charge is 0.155 e. The average Bonchev–Trinajstić information content (AvgIpc) is 2.63. The fraction of sp³-hybridized carbons (Fsp3) is 0.750. The summed E-state index contributed by atoms with van der Waals surface area (Å²) in [6.45, 7) is 8.43. The number of hydrogen-bond donors (Lipinski definition) is 0. The Balaban J connectivity index is 1.70. The molecule has 3 nitrogen and oxygen atoms in total. The molecule has 0 saturated heterocycles. The first-order valence-electron chi connectivity index (χ1n) is 11.2. The quantitative estimate of drug-likeness (QED) is 0.432. The Morgan fingerprint density at radius 2 is 1.71 bits per heavy atom. The van der Waals surface area contributed by atoms with E-state index in [1.165, 1.54) is 31.2 Å². The zero-order chi connectivity index (χ0) is 20.6. The molecule has 1 aromatic carbocycles. The number of benzene rings is 1. The second kappa shape index (κ2) is 10.7. The van der Waals surface area contributed by atoms with E-state index in [4.69, 9.17) is 4.74 Å². The summed E-state index contributed by atoms with van der Waals surface area (Å²) in [6.07, 6.45) is 10.3. The van der Waals surface area contributed by atoms with Gasteiger partial charge in [-0.3, -0.25) is 0 Å². The molecule has 1 fully saturated rings. The van der Waals surface area contributed by atoms with Gasteiger partial charge in [0.05, 0.1) is 17.1 Å². The molecular formula is C24H40O3S. The summed E-state index contributed by atoms with van der Waals surface area (Å²) in [5, 5.41) is 0. The Labute approximate surface area is 173 Å². The van der Waals surface area contributed by atoms with Crippen LogP contribution in [0.4, 0.5) is 0 Å². The minimum absolute atomic E-state index is 0.359. The molecule has 160 valence electrons. The van der Waals surface area contributed by atoms with Crippen molar-refractivity contribution in [3.05, 3.63) is 29.8 Å². The third kappa shape index (κ3) is 7.42. The number of sulfone groups is 1. The van der Waals surface area contributed by atoms with E-state index < -0.39 is 14.6 Å². The summed E-state index contributed by atoms with van der Waals surface area (Å²) < 4.78 is 30.0. The van der Waals surface area contributed by atoms with Crippen LogP contribution in [0.1, 0.15) is 84.6 Å². The summed E-state index contributed by atoms with van der Waals surface area (Å²) in [5.74, 6) is 2.48. The predicted octanol–water partition coefficient (Wildman–Crippen LogP) is 6.21. The third-order valence-electron chi connectivity index (χ3n) is 6.10. The summed E-state index contributed by atoms with van der Waals surface area (Å²) in [7, 11) is -2.99. The first kappa shape index (κ1) is 23.3. The molecule has 1 aliphatic rings. The number of hydrogen-bond acceptors (Lipinski definition) is 3. The van der Waals surface area contributed by atoms with Crippen molar-refractivity contribution < 1.29 is 13.2 Å². The van der Waals surface area contributed by atoms with Crippen LogP contribution in [-0.4, -0.2) is 25.5 Å². The van der Waals surface area contributed by atoms with E-state index >= 15 is 0 Å². The van der Waals surface area contributed by atoms with E-state index in [9.17, 15) is 8.42 Å². The van der Waals surface area contributed by atoms with Crippen molar-refractivity contribution in [3.63, 3.8) is 0 Å². The molecule has 1 aromatic rings. The van der Waals surface area contributed by atoms with Crippen molar-refractivity contribution in [1.82, 2.24) is 0 Å². The van der Waals surface area contributed by atoms with Crippen LogP contribution in [0.25, 0.3) is 0 Å². The van der Waals surface area contributed by atoms with Gasteiger partial charge in [-0.25, -0.2) is 8.42 Å². The van der Waals surface area contributed by atoms with Crippen molar-refractivity contribution in [2.75, 3.05) is 12.4 Å².